The SMILES string of the molecule is COc1ccc(Cc2c(C)cc(O)cc2C)cc1S(=O)(=O)c1ccccc1. The zero-order valence-electron chi connectivity index (χ0n) is 15.6. The molecule has 3 aromatic rings. The van der Waals surface area contributed by atoms with Crippen LogP contribution in [0.3, 0.4) is 0 Å². The molecule has 0 fully saturated rings. The lowest BCUT2D eigenvalue weighted by molar-refractivity contribution is 0.402. The van der Waals surface area contributed by atoms with Gasteiger partial charge in [-0.3, -0.25) is 0 Å². The van der Waals surface area contributed by atoms with Crippen LogP contribution in [0, 0.1) is 13.8 Å². The van der Waals surface area contributed by atoms with E-state index in [1.807, 2.05) is 19.9 Å². The molecule has 0 spiro atoms. The topological polar surface area (TPSA) is 63.6 Å². The van der Waals surface area contributed by atoms with E-state index in [0.717, 1.165) is 22.3 Å². The van der Waals surface area contributed by atoms with Crippen LogP contribution in [-0.4, -0.2) is 20.6 Å². The summed E-state index contributed by atoms with van der Waals surface area (Å²) in [6.45, 7) is 3.88. The molecule has 0 radical (unpaired) electrons. The Bertz CT molecular complexity index is 1050. The smallest absolute Gasteiger partial charge is 0.210 e. The Hall–Kier alpha value is -2.79. The molecule has 1 N–H and O–H groups in total. The third kappa shape index (κ3) is 3.83. The first kappa shape index (κ1) is 19.0. The second-order valence-corrected chi connectivity index (χ2v) is 8.45. The molecule has 0 saturated heterocycles. The standard InChI is InChI=1S/C22H22O4S/c1-15-11-18(23)12-16(2)20(15)13-17-9-10-21(26-3)22(14-17)27(24,25)19-7-5-4-6-8-19/h4-12,14,23H,13H2,1-3H3. The summed E-state index contributed by atoms with van der Waals surface area (Å²) >= 11 is 0. The van der Waals surface area contributed by atoms with E-state index in [-0.39, 0.29) is 15.5 Å². The van der Waals surface area contributed by atoms with E-state index in [4.69, 9.17) is 4.74 Å². The van der Waals surface area contributed by atoms with Crippen LogP contribution < -0.4 is 4.74 Å². The summed E-state index contributed by atoms with van der Waals surface area (Å²) in [4.78, 5) is 0.389. The third-order valence-electron chi connectivity index (χ3n) is 4.63. The van der Waals surface area contributed by atoms with Gasteiger partial charge in [0.2, 0.25) is 9.84 Å². The van der Waals surface area contributed by atoms with Crippen LogP contribution in [0.5, 0.6) is 11.5 Å². The number of aromatic hydroxyl groups is 1. The predicted octanol–water partition coefficient (Wildman–Crippen LogP) is 4.44. The quantitative estimate of drug-likeness (QED) is 0.708. The number of phenols is 1. The van der Waals surface area contributed by atoms with Crippen molar-refractivity contribution in [3.8, 4) is 11.5 Å². The van der Waals surface area contributed by atoms with Gasteiger partial charge in [0.15, 0.2) is 0 Å². The Morgan fingerprint density at radius 1 is 0.926 bits per heavy atom. The fourth-order valence-corrected chi connectivity index (χ4v) is 4.71. The Morgan fingerprint density at radius 3 is 2.15 bits per heavy atom. The highest BCUT2D eigenvalue weighted by atomic mass is 32.2. The van der Waals surface area contributed by atoms with Gasteiger partial charge >= 0.3 is 0 Å². The number of sulfone groups is 1. The first-order chi connectivity index (χ1) is 12.8. The molecule has 5 heteroatoms. The lowest BCUT2D eigenvalue weighted by Gasteiger charge is -2.14. The normalized spacial score (nSPS) is 11.4. The van der Waals surface area contributed by atoms with Gasteiger partial charge in [-0.05, 0) is 78.9 Å². The first-order valence-electron chi connectivity index (χ1n) is 8.59. The maximum Gasteiger partial charge on any atom is 0.210 e. The van der Waals surface area contributed by atoms with E-state index in [2.05, 4.69) is 0 Å². The van der Waals surface area contributed by atoms with E-state index in [1.54, 1.807) is 54.6 Å². The molecular weight excluding hydrogens is 360 g/mol. The average molecular weight is 382 g/mol. The van der Waals surface area contributed by atoms with Gasteiger partial charge in [-0.15, -0.1) is 0 Å². The molecule has 0 bridgehead atoms. The van der Waals surface area contributed by atoms with Crippen molar-refractivity contribution in [1.29, 1.82) is 0 Å². The van der Waals surface area contributed by atoms with Crippen LogP contribution in [0.25, 0.3) is 0 Å². The number of aryl methyl sites for hydroxylation is 2. The highest BCUT2D eigenvalue weighted by Crippen LogP contribution is 2.32. The highest BCUT2D eigenvalue weighted by molar-refractivity contribution is 7.91. The van der Waals surface area contributed by atoms with Crippen LogP contribution in [0.2, 0.25) is 0 Å². The van der Waals surface area contributed by atoms with Crippen LogP contribution in [-0.2, 0) is 16.3 Å². The minimum atomic E-state index is -3.69. The number of phenolic OH excluding ortho intramolecular Hbond substituents is 1. The van der Waals surface area contributed by atoms with Crippen LogP contribution in [0.1, 0.15) is 22.3 Å². The van der Waals surface area contributed by atoms with Crippen molar-refractivity contribution in [1.82, 2.24) is 0 Å². The molecule has 0 atom stereocenters. The lowest BCUT2D eigenvalue weighted by Crippen LogP contribution is -2.06. The summed E-state index contributed by atoms with van der Waals surface area (Å²) in [5, 5.41) is 9.73. The Morgan fingerprint density at radius 2 is 1.56 bits per heavy atom. The summed E-state index contributed by atoms with van der Waals surface area (Å²) in [5.74, 6) is 0.553. The number of rotatable bonds is 5. The number of methoxy groups -OCH3 is 1. The summed E-state index contributed by atoms with van der Waals surface area (Å²) in [5.41, 5.74) is 3.87. The number of ether oxygens (including phenoxy) is 1. The maximum absolute atomic E-state index is 13.1. The first-order valence-corrected chi connectivity index (χ1v) is 10.1. The molecule has 4 nitrogen and oxygen atoms in total. The number of hydrogen-bond acceptors (Lipinski definition) is 4. The fraction of sp³-hybridized carbons (Fsp3) is 0.182. The maximum atomic E-state index is 13.1. The van der Waals surface area contributed by atoms with Gasteiger partial charge in [-0.25, -0.2) is 8.42 Å². The summed E-state index contributed by atoms with van der Waals surface area (Å²) in [7, 11) is -2.22. The van der Waals surface area contributed by atoms with Crippen molar-refractivity contribution in [3.63, 3.8) is 0 Å². The van der Waals surface area contributed by atoms with Gasteiger partial charge in [-0.2, -0.15) is 0 Å². The van der Waals surface area contributed by atoms with Gasteiger partial charge in [0.05, 0.1) is 12.0 Å². The zero-order valence-corrected chi connectivity index (χ0v) is 16.4. The van der Waals surface area contributed by atoms with Crippen molar-refractivity contribution >= 4 is 9.84 Å². The monoisotopic (exact) mass is 382 g/mol. The van der Waals surface area contributed by atoms with E-state index in [0.29, 0.717) is 12.2 Å². The molecule has 140 valence electrons. The summed E-state index contributed by atoms with van der Waals surface area (Å²) in [6.07, 6.45) is 0.569. The van der Waals surface area contributed by atoms with Gasteiger partial charge in [0.25, 0.3) is 0 Å². The second-order valence-electron chi connectivity index (χ2n) is 6.54. The molecular formula is C22H22O4S. The van der Waals surface area contributed by atoms with Crippen molar-refractivity contribution in [2.45, 2.75) is 30.1 Å². The van der Waals surface area contributed by atoms with E-state index < -0.39 is 9.84 Å². The summed E-state index contributed by atoms with van der Waals surface area (Å²) in [6, 6.07) is 17.0. The molecule has 0 aliphatic carbocycles. The van der Waals surface area contributed by atoms with Crippen molar-refractivity contribution in [3.05, 3.63) is 82.9 Å². The van der Waals surface area contributed by atoms with Crippen molar-refractivity contribution in [2.75, 3.05) is 7.11 Å². The molecule has 0 amide bonds. The third-order valence-corrected chi connectivity index (χ3v) is 6.42. The van der Waals surface area contributed by atoms with E-state index >= 15 is 0 Å². The minimum Gasteiger partial charge on any atom is -0.508 e. The van der Waals surface area contributed by atoms with Crippen LogP contribution >= 0.6 is 0 Å². The molecule has 0 aliphatic rings. The van der Waals surface area contributed by atoms with Gasteiger partial charge in [0.1, 0.15) is 16.4 Å². The van der Waals surface area contributed by atoms with E-state index in [9.17, 15) is 13.5 Å². The fourth-order valence-electron chi connectivity index (χ4n) is 3.22. The Kier molecular flexibility index (Phi) is 5.24. The van der Waals surface area contributed by atoms with E-state index in [1.165, 1.54) is 7.11 Å². The molecule has 0 unspecified atom stereocenters. The Labute approximate surface area is 160 Å². The Balaban J connectivity index is 2.08. The van der Waals surface area contributed by atoms with Crippen molar-refractivity contribution in [2.24, 2.45) is 0 Å². The summed E-state index contributed by atoms with van der Waals surface area (Å²) < 4.78 is 31.5. The van der Waals surface area contributed by atoms with Crippen molar-refractivity contribution < 1.29 is 18.3 Å². The zero-order chi connectivity index (χ0) is 19.6. The van der Waals surface area contributed by atoms with Crippen LogP contribution in [0.15, 0.2) is 70.5 Å². The lowest BCUT2D eigenvalue weighted by atomic mass is 9.96. The number of hydrogen-bond donors (Lipinski definition) is 1. The number of benzene rings is 3. The average Bonchev–Trinajstić information content (AvgIpc) is 2.65. The highest BCUT2D eigenvalue weighted by Gasteiger charge is 2.22. The predicted molar refractivity (Wildman–Crippen MR) is 105 cm³/mol. The molecule has 3 rings (SSSR count). The molecule has 0 saturated carbocycles. The largest absolute Gasteiger partial charge is 0.508 e. The molecule has 0 aliphatic heterocycles. The molecule has 27 heavy (non-hydrogen) atoms. The molecule has 0 aromatic heterocycles. The van der Waals surface area contributed by atoms with Gasteiger partial charge < -0.3 is 9.84 Å². The second kappa shape index (κ2) is 7.45. The molecule has 0 heterocycles. The molecule has 3 aromatic carbocycles. The van der Waals surface area contributed by atoms with Gasteiger partial charge in [-0.1, -0.05) is 24.3 Å². The van der Waals surface area contributed by atoms with Gasteiger partial charge in [0, 0.05) is 0 Å². The minimum absolute atomic E-state index is 0.155. The van der Waals surface area contributed by atoms with Crippen LogP contribution in [0.4, 0.5) is 0 Å².